The first kappa shape index (κ1) is 22.4. The van der Waals surface area contributed by atoms with Crippen molar-refractivity contribution in [2.45, 2.75) is 32.0 Å². The van der Waals surface area contributed by atoms with Gasteiger partial charge in [0.1, 0.15) is 41.6 Å². The van der Waals surface area contributed by atoms with Gasteiger partial charge in [-0.15, -0.1) is 0 Å². The summed E-state index contributed by atoms with van der Waals surface area (Å²) >= 11 is 5.91. The zero-order valence-corrected chi connectivity index (χ0v) is 18.1. The number of piperidine rings is 1. The van der Waals surface area contributed by atoms with Crippen LogP contribution in [0, 0.1) is 0 Å². The van der Waals surface area contributed by atoms with Gasteiger partial charge in [-0.3, -0.25) is 4.79 Å². The number of nitrogens with zero attached hydrogens (tertiary/aromatic N) is 1. The van der Waals surface area contributed by atoms with E-state index in [9.17, 15) is 9.90 Å². The van der Waals surface area contributed by atoms with Crippen LogP contribution in [-0.4, -0.2) is 61.3 Å². The van der Waals surface area contributed by atoms with E-state index in [0.717, 1.165) is 31.7 Å². The summed E-state index contributed by atoms with van der Waals surface area (Å²) in [6, 6.07) is 12.6. The highest BCUT2D eigenvalue weighted by Crippen LogP contribution is 2.29. The SMILES string of the molecule is COc1cccc(OCC(O)CN2CCC(Oc3ccc(Cl)cc3)CC2)c1C(C)=O. The summed E-state index contributed by atoms with van der Waals surface area (Å²) in [6.07, 6.45) is 1.27. The molecule has 0 spiro atoms. The number of likely N-dealkylation sites (tertiary alicyclic amines) is 1. The van der Waals surface area contributed by atoms with E-state index in [1.54, 1.807) is 18.2 Å². The van der Waals surface area contributed by atoms with Gasteiger partial charge < -0.3 is 24.2 Å². The average Bonchev–Trinajstić information content (AvgIpc) is 2.74. The topological polar surface area (TPSA) is 68.2 Å². The highest BCUT2D eigenvalue weighted by Gasteiger charge is 2.23. The fourth-order valence-electron chi connectivity index (χ4n) is 3.60. The normalized spacial score (nSPS) is 16.1. The molecule has 7 heteroatoms. The Morgan fingerprint density at radius 1 is 1.17 bits per heavy atom. The first-order chi connectivity index (χ1) is 14.5. The van der Waals surface area contributed by atoms with Crippen molar-refractivity contribution in [1.29, 1.82) is 0 Å². The number of carbonyl (C=O) groups is 1. The number of benzene rings is 2. The maximum absolute atomic E-state index is 11.9. The van der Waals surface area contributed by atoms with Gasteiger partial charge in [0.05, 0.1) is 7.11 Å². The second-order valence-electron chi connectivity index (χ2n) is 7.43. The Kier molecular flexibility index (Phi) is 7.96. The Labute approximate surface area is 182 Å². The number of aliphatic hydroxyl groups excluding tert-OH is 1. The minimum Gasteiger partial charge on any atom is -0.496 e. The molecule has 1 heterocycles. The largest absolute Gasteiger partial charge is 0.496 e. The van der Waals surface area contributed by atoms with Crippen molar-refractivity contribution in [1.82, 2.24) is 4.90 Å². The molecule has 2 aromatic rings. The number of methoxy groups -OCH3 is 1. The zero-order chi connectivity index (χ0) is 21.5. The van der Waals surface area contributed by atoms with Crippen LogP contribution in [0.1, 0.15) is 30.1 Å². The van der Waals surface area contributed by atoms with Crippen LogP contribution in [0.4, 0.5) is 0 Å². The lowest BCUT2D eigenvalue weighted by Gasteiger charge is -2.33. The molecule has 0 bridgehead atoms. The molecule has 0 radical (unpaired) electrons. The molecule has 1 aliphatic rings. The smallest absolute Gasteiger partial charge is 0.167 e. The number of carbonyl (C=O) groups excluding carboxylic acids is 1. The Morgan fingerprint density at radius 2 is 1.83 bits per heavy atom. The minimum absolute atomic E-state index is 0.106. The van der Waals surface area contributed by atoms with Gasteiger partial charge in [-0.05, 0) is 56.2 Å². The summed E-state index contributed by atoms with van der Waals surface area (Å²) in [7, 11) is 1.51. The molecule has 0 aliphatic carbocycles. The number of hydrogen-bond acceptors (Lipinski definition) is 6. The van der Waals surface area contributed by atoms with Crippen molar-refractivity contribution < 1.29 is 24.1 Å². The van der Waals surface area contributed by atoms with E-state index >= 15 is 0 Å². The molecule has 0 saturated carbocycles. The molecule has 1 unspecified atom stereocenters. The van der Waals surface area contributed by atoms with Crippen LogP contribution in [0.3, 0.4) is 0 Å². The molecule has 1 atom stereocenters. The van der Waals surface area contributed by atoms with E-state index in [-0.39, 0.29) is 18.5 Å². The number of rotatable bonds is 9. The van der Waals surface area contributed by atoms with Gasteiger partial charge in [0, 0.05) is 24.7 Å². The van der Waals surface area contributed by atoms with Crippen LogP contribution >= 0.6 is 11.6 Å². The summed E-state index contributed by atoms with van der Waals surface area (Å²) < 4.78 is 17.0. The number of halogens is 1. The summed E-state index contributed by atoms with van der Waals surface area (Å²) in [6.45, 7) is 3.76. The van der Waals surface area contributed by atoms with Crippen LogP contribution in [-0.2, 0) is 0 Å². The molecule has 1 aliphatic heterocycles. The van der Waals surface area contributed by atoms with Crippen LogP contribution < -0.4 is 14.2 Å². The van der Waals surface area contributed by atoms with Crippen molar-refractivity contribution in [3.63, 3.8) is 0 Å². The molecular weight excluding hydrogens is 406 g/mol. The highest BCUT2D eigenvalue weighted by molar-refractivity contribution is 6.30. The Morgan fingerprint density at radius 3 is 2.47 bits per heavy atom. The predicted octanol–water partition coefficient (Wildman–Crippen LogP) is 3.83. The fourth-order valence-corrected chi connectivity index (χ4v) is 3.73. The minimum atomic E-state index is -0.662. The fraction of sp³-hybridized carbons (Fsp3) is 0.435. The van der Waals surface area contributed by atoms with Gasteiger partial charge in [-0.2, -0.15) is 0 Å². The maximum atomic E-state index is 11.9. The molecule has 162 valence electrons. The lowest BCUT2D eigenvalue weighted by Crippen LogP contribution is -2.43. The van der Waals surface area contributed by atoms with Gasteiger partial charge in [0.15, 0.2) is 5.78 Å². The third-order valence-electron chi connectivity index (χ3n) is 5.11. The molecule has 2 aromatic carbocycles. The summed E-state index contributed by atoms with van der Waals surface area (Å²) in [5.74, 6) is 1.58. The standard InChI is InChI=1S/C23H28ClNO5/c1-16(26)23-21(28-2)4-3-5-22(23)29-15-18(27)14-25-12-10-20(11-13-25)30-19-8-6-17(24)7-9-19/h3-9,18,20,27H,10-15H2,1-2H3. The van der Waals surface area contributed by atoms with Gasteiger partial charge in [-0.1, -0.05) is 17.7 Å². The van der Waals surface area contributed by atoms with Crippen LogP contribution in [0.15, 0.2) is 42.5 Å². The summed E-state index contributed by atoms with van der Waals surface area (Å²) in [5.41, 5.74) is 0.396. The lowest BCUT2D eigenvalue weighted by atomic mass is 10.1. The molecule has 0 aromatic heterocycles. The molecule has 0 amide bonds. The molecule has 3 rings (SSSR count). The highest BCUT2D eigenvalue weighted by atomic mass is 35.5. The first-order valence-corrected chi connectivity index (χ1v) is 10.5. The second-order valence-corrected chi connectivity index (χ2v) is 7.86. The molecule has 1 saturated heterocycles. The molecule has 1 N–H and O–H groups in total. The molecule has 6 nitrogen and oxygen atoms in total. The van der Waals surface area contributed by atoms with E-state index in [4.69, 9.17) is 25.8 Å². The van der Waals surface area contributed by atoms with Crippen molar-refractivity contribution in [3.05, 3.63) is 53.1 Å². The Bertz CT molecular complexity index is 834. The van der Waals surface area contributed by atoms with Crippen molar-refractivity contribution in [2.24, 2.45) is 0 Å². The van der Waals surface area contributed by atoms with Crippen molar-refractivity contribution >= 4 is 17.4 Å². The van der Waals surface area contributed by atoms with E-state index in [0.29, 0.717) is 28.6 Å². The van der Waals surface area contributed by atoms with E-state index in [2.05, 4.69) is 4.90 Å². The lowest BCUT2D eigenvalue weighted by molar-refractivity contribution is 0.0399. The van der Waals surface area contributed by atoms with Gasteiger partial charge in [0.2, 0.25) is 0 Å². The van der Waals surface area contributed by atoms with E-state index in [1.807, 2.05) is 24.3 Å². The maximum Gasteiger partial charge on any atom is 0.167 e. The van der Waals surface area contributed by atoms with Gasteiger partial charge >= 0.3 is 0 Å². The number of Topliss-reactive ketones (excluding diaryl/α,β-unsaturated/α-hetero) is 1. The molecule has 1 fully saturated rings. The van der Waals surface area contributed by atoms with E-state index in [1.165, 1.54) is 14.0 Å². The third-order valence-corrected chi connectivity index (χ3v) is 5.36. The van der Waals surface area contributed by atoms with Gasteiger partial charge in [0.25, 0.3) is 0 Å². The Balaban J connectivity index is 1.45. The number of β-amino-alcohol motifs (C(OH)–C–C–N with tert-alkyl or cyclic N) is 1. The van der Waals surface area contributed by atoms with Crippen LogP contribution in [0.25, 0.3) is 0 Å². The third kappa shape index (κ3) is 6.11. The number of ketones is 1. The molecular formula is C23H28ClNO5. The predicted molar refractivity (Wildman–Crippen MR) is 116 cm³/mol. The van der Waals surface area contributed by atoms with Crippen LogP contribution in [0.2, 0.25) is 5.02 Å². The monoisotopic (exact) mass is 433 g/mol. The Hall–Kier alpha value is -2.28. The number of hydrogen-bond donors (Lipinski definition) is 1. The second kappa shape index (κ2) is 10.7. The first-order valence-electron chi connectivity index (χ1n) is 10.1. The molecule has 30 heavy (non-hydrogen) atoms. The quantitative estimate of drug-likeness (QED) is 0.606. The number of ether oxygens (including phenoxy) is 3. The summed E-state index contributed by atoms with van der Waals surface area (Å²) in [5, 5.41) is 11.1. The van der Waals surface area contributed by atoms with Crippen LogP contribution in [0.5, 0.6) is 17.2 Å². The zero-order valence-electron chi connectivity index (χ0n) is 17.3. The van der Waals surface area contributed by atoms with Crippen molar-refractivity contribution in [2.75, 3.05) is 33.4 Å². The van der Waals surface area contributed by atoms with E-state index < -0.39 is 6.10 Å². The number of aliphatic hydroxyl groups is 1. The summed E-state index contributed by atoms with van der Waals surface area (Å²) in [4.78, 5) is 14.1. The average molecular weight is 434 g/mol. The van der Waals surface area contributed by atoms with Gasteiger partial charge in [-0.25, -0.2) is 0 Å². The van der Waals surface area contributed by atoms with Crippen molar-refractivity contribution in [3.8, 4) is 17.2 Å².